The van der Waals surface area contributed by atoms with Crippen molar-refractivity contribution >= 4 is 5.95 Å². The van der Waals surface area contributed by atoms with Gasteiger partial charge in [-0.3, -0.25) is 0 Å². The Balaban J connectivity index is 1.69. The van der Waals surface area contributed by atoms with Crippen LogP contribution in [-0.2, 0) is 6.54 Å². The van der Waals surface area contributed by atoms with Crippen LogP contribution in [0.15, 0.2) is 6.33 Å². The smallest absolute Gasteiger partial charge is 0.221 e. The number of anilines is 1. The number of hydrogen-bond acceptors (Lipinski definition) is 4. The zero-order valence-corrected chi connectivity index (χ0v) is 8.82. The van der Waals surface area contributed by atoms with E-state index in [-0.39, 0.29) is 0 Å². The maximum absolute atomic E-state index is 4.23. The number of nitrogens with one attached hydrogen (secondary N) is 2. The summed E-state index contributed by atoms with van der Waals surface area (Å²) in [6, 6.07) is 0. The van der Waals surface area contributed by atoms with Crippen LogP contribution in [0.4, 0.5) is 5.95 Å². The van der Waals surface area contributed by atoms with E-state index in [0.717, 1.165) is 30.9 Å². The standard InChI is InChI=1S/C10H17N5/c1-3-11-4-2-8(1)9-5-12-10-13-7-14-15(10)6-9/h7-9,11H,1-6H2,(H,12,13,14). The van der Waals surface area contributed by atoms with E-state index < -0.39 is 0 Å². The molecule has 1 saturated heterocycles. The molecule has 2 aliphatic heterocycles. The van der Waals surface area contributed by atoms with Gasteiger partial charge in [0.05, 0.1) is 0 Å². The highest BCUT2D eigenvalue weighted by Gasteiger charge is 2.27. The van der Waals surface area contributed by atoms with Gasteiger partial charge in [0.15, 0.2) is 0 Å². The van der Waals surface area contributed by atoms with Crippen molar-refractivity contribution in [3.63, 3.8) is 0 Å². The minimum Gasteiger partial charge on any atom is -0.354 e. The second-order valence-electron chi connectivity index (χ2n) is 4.49. The topological polar surface area (TPSA) is 54.8 Å². The van der Waals surface area contributed by atoms with Gasteiger partial charge in [-0.2, -0.15) is 10.1 Å². The van der Waals surface area contributed by atoms with E-state index in [2.05, 4.69) is 20.7 Å². The Morgan fingerprint density at radius 2 is 2.13 bits per heavy atom. The largest absolute Gasteiger partial charge is 0.354 e. The van der Waals surface area contributed by atoms with Crippen LogP contribution < -0.4 is 10.6 Å². The molecule has 0 amide bonds. The molecule has 5 heteroatoms. The van der Waals surface area contributed by atoms with E-state index in [4.69, 9.17) is 0 Å². The molecular formula is C10H17N5. The monoisotopic (exact) mass is 207 g/mol. The van der Waals surface area contributed by atoms with Crippen molar-refractivity contribution in [1.29, 1.82) is 0 Å². The van der Waals surface area contributed by atoms with Crippen molar-refractivity contribution in [2.45, 2.75) is 19.4 Å². The molecule has 2 N–H and O–H groups in total. The molecule has 3 rings (SSSR count). The Morgan fingerprint density at radius 3 is 3.00 bits per heavy atom. The molecular weight excluding hydrogens is 190 g/mol. The molecule has 1 aromatic rings. The summed E-state index contributed by atoms with van der Waals surface area (Å²) >= 11 is 0. The fraction of sp³-hybridized carbons (Fsp3) is 0.800. The van der Waals surface area contributed by atoms with Crippen molar-refractivity contribution in [3.05, 3.63) is 6.33 Å². The van der Waals surface area contributed by atoms with Gasteiger partial charge in [-0.1, -0.05) is 0 Å². The fourth-order valence-corrected chi connectivity index (χ4v) is 2.68. The first-order chi connectivity index (χ1) is 7.43. The molecule has 1 aromatic heterocycles. The van der Waals surface area contributed by atoms with Crippen LogP contribution in [0.1, 0.15) is 12.8 Å². The summed E-state index contributed by atoms with van der Waals surface area (Å²) in [6.07, 6.45) is 4.24. The zero-order chi connectivity index (χ0) is 10.1. The summed E-state index contributed by atoms with van der Waals surface area (Å²) in [5, 5.41) is 11.0. The lowest BCUT2D eigenvalue weighted by Gasteiger charge is -2.33. The number of hydrogen-bond donors (Lipinski definition) is 2. The number of nitrogens with zero attached hydrogens (tertiary/aromatic N) is 3. The Hall–Kier alpha value is -1.10. The maximum Gasteiger partial charge on any atom is 0.221 e. The maximum atomic E-state index is 4.23. The van der Waals surface area contributed by atoms with Crippen molar-refractivity contribution in [1.82, 2.24) is 20.1 Å². The summed E-state index contributed by atoms with van der Waals surface area (Å²) in [5.74, 6) is 2.50. The summed E-state index contributed by atoms with van der Waals surface area (Å²) < 4.78 is 2.00. The van der Waals surface area contributed by atoms with Gasteiger partial charge in [0.25, 0.3) is 0 Å². The summed E-state index contributed by atoms with van der Waals surface area (Å²) in [7, 11) is 0. The Kier molecular flexibility index (Phi) is 2.32. The third-order valence-corrected chi connectivity index (χ3v) is 3.60. The van der Waals surface area contributed by atoms with Crippen LogP contribution in [0.25, 0.3) is 0 Å². The molecule has 1 unspecified atom stereocenters. The lowest BCUT2D eigenvalue weighted by atomic mass is 9.84. The highest BCUT2D eigenvalue weighted by atomic mass is 15.4. The van der Waals surface area contributed by atoms with Crippen molar-refractivity contribution in [2.75, 3.05) is 25.0 Å². The van der Waals surface area contributed by atoms with Crippen molar-refractivity contribution in [3.8, 4) is 0 Å². The van der Waals surface area contributed by atoms with Crippen molar-refractivity contribution in [2.24, 2.45) is 11.8 Å². The van der Waals surface area contributed by atoms with Gasteiger partial charge in [-0.05, 0) is 37.8 Å². The molecule has 2 aliphatic rings. The van der Waals surface area contributed by atoms with Gasteiger partial charge in [0.2, 0.25) is 5.95 Å². The summed E-state index contributed by atoms with van der Waals surface area (Å²) in [6.45, 7) is 4.44. The average Bonchev–Trinajstić information content (AvgIpc) is 2.77. The minimum atomic E-state index is 0.723. The Bertz CT molecular complexity index is 328. The van der Waals surface area contributed by atoms with Gasteiger partial charge in [0, 0.05) is 13.1 Å². The summed E-state index contributed by atoms with van der Waals surface area (Å²) in [5.41, 5.74) is 0. The van der Waals surface area contributed by atoms with Crippen LogP contribution in [0.2, 0.25) is 0 Å². The summed E-state index contributed by atoms with van der Waals surface area (Å²) in [4.78, 5) is 4.16. The molecule has 0 bridgehead atoms. The van der Waals surface area contributed by atoms with Crippen LogP contribution in [0.5, 0.6) is 0 Å². The quantitative estimate of drug-likeness (QED) is 0.696. The van der Waals surface area contributed by atoms with Gasteiger partial charge >= 0.3 is 0 Å². The highest BCUT2D eigenvalue weighted by Crippen LogP contribution is 2.26. The average molecular weight is 207 g/mol. The zero-order valence-electron chi connectivity index (χ0n) is 8.82. The van der Waals surface area contributed by atoms with Crippen LogP contribution in [0, 0.1) is 11.8 Å². The molecule has 0 aliphatic carbocycles. The predicted octanol–water partition coefficient (Wildman–Crippen LogP) is 0.319. The third kappa shape index (κ3) is 1.71. The molecule has 1 fully saturated rings. The second kappa shape index (κ2) is 3.81. The van der Waals surface area contributed by atoms with E-state index in [1.807, 2.05) is 4.68 Å². The number of fused-ring (bicyclic) bond motifs is 1. The second-order valence-corrected chi connectivity index (χ2v) is 4.49. The van der Waals surface area contributed by atoms with Crippen LogP contribution >= 0.6 is 0 Å². The van der Waals surface area contributed by atoms with E-state index in [1.165, 1.54) is 25.9 Å². The lowest BCUT2D eigenvalue weighted by Crippen LogP contribution is -2.38. The van der Waals surface area contributed by atoms with E-state index in [9.17, 15) is 0 Å². The predicted molar refractivity (Wildman–Crippen MR) is 57.6 cm³/mol. The van der Waals surface area contributed by atoms with Crippen molar-refractivity contribution < 1.29 is 0 Å². The van der Waals surface area contributed by atoms with Crippen LogP contribution in [0.3, 0.4) is 0 Å². The van der Waals surface area contributed by atoms with Crippen LogP contribution in [-0.4, -0.2) is 34.4 Å². The van der Waals surface area contributed by atoms with Gasteiger partial charge < -0.3 is 10.6 Å². The Morgan fingerprint density at radius 1 is 1.27 bits per heavy atom. The number of piperidine rings is 1. The number of aromatic nitrogens is 3. The lowest BCUT2D eigenvalue weighted by molar-refractivity contribution is 0.230. The first-order valence-corrected chi connectivity index (χ1v) is 5.76. The molecule has 3 heterocycles. The van der Waals surface area contributed by atoms with E-state index in [0.29, 0.717) is 0 Å². The molecule has 1 atom stereocenters. The fourth-order valence-electron chi connectivity index (χ4n) is 2.68. The van der Waals surface area contributed by atoms with Gasteiger partial charge in [-0.25, -0.2) is 4.68 Å². The minimum absolute atomic E-state index is 0.723. The molecule has 5 nitrogen and oxygen atoms in total. The Labute approximate surface area is 89.3 Å². The molecule has 0 saturated carbocycles. The normalized spacial score (nSPS) is 27.1. The molecule has 82 valence electrons. The molecule has 0 aromatic carbocycles. The number of rotatable bonds is 1. The van der Waals surface area contributed by atoms with E-state index in [1.54, 1.807) is 6.33 Å². The first-order valence-electron chi connectivity index (χ1n) is 5.76. The molecule has 15 heavy (non-hydrogen) atoms. The van der Waals surface area contributed by atoms with Gasteiger partial charge in [0.1, 0.15) is 6.33 Å². The SMILES string of the molecule is c1nc2n(n1)CC(C1CCNCC1)CN2. The first kappa shape index (κ1) is 9.15. The molecule has 0 spiro atoms. The highest BCUT2D eigenvalue weighted by molar-refractivity contribution is 5.25. The third-order valence-electron chi connectivity index (χ3n) is 3.60. The van der Waals surface area contributed by atoms with E-state index >= 15 is 0 Å². The molecule has 0 radical (unpaired) electrons. The van der Waals surface area contributed by atoms with Gasteiger partial charge in [-0.15, -0.1) is 0 Å².